The summed E-state index contributed by atoms with van der Waals surface area (Å²) in [7, 11) is 0. The highest BCUT2D eigenvalue weighted by Crippen LogP contribution is 2.16. The smallest absolute Gasteiger partial charge is 0.422 e. The molecule has 0 aromatic heterocycles. The molecule has 1 aromatic carbocycles. The van der Waals surface area contributed by atoms with Crippen LogP contribution in [0, 0.1) is 6.92 Å². The molecule has 0 fully saturated rings. The predicted octanol–water partition coefficient (Wildman–Crippen LogP) is 1.46. The van der Waals surface area contributed by atoms with Gasteiger partial charge in [-0.3, -0.25) is 0 Å². The van der Waals surface area contributed by atoms with Gasteiger partial charge < -0.3 is 9.47 Å². The molecule has 0 atom stereocenters. The molecule has 80 valence electrons. The lowest BCUT2D eigenvalue weighted by molar-refractivity contribution is -0.161. The highest BCUT2D eigenvalue weighted by atomic mass is 16.6. The van der Waals surface area contributed by atoms with Crippen molar-refractivity contribution in [2.24, 2.45) is 0 Å². The molecular formula is C11H12O4. The molecule has 0 unspecified atom stereocenters. The van der Waals surface area contributed by atoms with Crippen LogP contribution in [0.5, 0.6) is 5.75 Å². The lowest BCUT2D eigenvalue weighted by atomic mass is 10.2. The van der Waals surface area contributed by atoms with E-state index in [2.05, 4.69) is 4.74 Å². The molecule has 0 aliphatic heterocycles. The van der Waals surface area contributed by atoms with Crippen LogP contribution in [0.4, 0.5) is 0 Å². The second kappa shape index (κ2) is 5.14. The van der Waals surface area contributed by atoms with Crippen molar-refractivity contribution in [1.82, 2.24) is 0 Å². The summed E-state index contributed by atoms with van der Waals surface area (Å²) in [6, 6.07) is 6.94. The van der Waals surface area contributed by atoms with Crippen LogP contribution in [0.3, 0.4) is 0 Å². The first-order valence-electron chi connectivity index (χ1n) is 4.59. The molecule has 0 radical (unpaired) electrons. The Labute approximate surface area is 87.8 Å². The average molecular weight is 208 g/mol. The molecule has 0 aliphatic rings. The van der Waals surface area contributed by atoms with Crippen molar-refractivity contribution in [3.8, 4) is 5.75 Å². The van der Waals surface area contributed by atoms with Crippen molar-refractivity contribution in [3.63, 3.8) is 0 Å². The fourth-order valence-electron chi connectivity index (χ4n) is 1.00. The van der Waals surface area contributed by atoms with Gasteiger partial charge in [-0.2, -0.15) is 0 Å². The zero-order valence-electron chi connectivity index (χ0n) is 8.65. The molecule has 0 aliphatic carbocycles. The minimum atomic E-state index is -0.994. The van der Waals surface area contributed by atoms with Crippen LogP contribution < -0.4 is 4.74 Å². The van der Waals surface area contributed by atoms with Crippen molar-refractivity contribution in [2.75, 3.05) is 6.61 Å². The van der Waals surface area contributed by atoms with Gasteiger partial charge in [0.25, 0.3) is 0 Å². The van der Waals surface area contributed by atoms with Crippen molar-refractivity contribution in [2.45, 2.75) is 13.8 Å². The Bertz CT molecular complexity index is 371. The molecule has 15 heavy (non-hydrogen) atoms. The summed E-state index contributed by atoms with van der Waals surface area (Å²) in [6.07, 6.45) is 0. The van der Waals surface area contributed by atoms with Crippen LogP contribution in [-0.4, -0.2) is 18.5 Å². The predicted molar refractivity (Wildman–Crippen MR) is 53.4 cm³/mol. The van der Waals surface area contributed by atoms with E-state index in [0.717, 1.165) is 5.56 Å². The van der Waals surface area contributed by atoms with Gasteiger partial charge in [-0.05, 0) is 25.5 Å². The number of carbonyl (C=O) groups is 2. The number of benzene rings is 1. The van der Waals surface area contributed by atoms with E-state index in [0.29, 0.717) is 5.75 Å². The van der Waals surface area contributed by atoms with Crippen LogP contribution >= 0.6 is 0 Å². The SMILES string of the molecule is CCOC(=O)C(=O)Oc1ccccc1C. The summed E-state index contributed by atoms with van der Waals surface area (Å²) in [5.41, 5.74) is 0.787. The quantitative estimate of drug-likeness (QED) is 0.419. The molecule has 0 spiro atoms. The Hall–Kier alpha value is -1.84. The first-order chi connectivity index (χ1) is 7.15. The number of hydrogen-bond acceptors (Lipinski definition) is 4. The van der Waals surface area contributed by atoms with Gasteiger partial charge in [-0.15, -0.1) is 0 Å². The number of rotatable bonds is 2. The summed E-state index contributed by atoms with van der Waals surface area (Å²) >= 11 is 0. The first kappa shape index (κ1) is 11.2. The Kier molecular flexibility index (Phi) is 3.85. The zero-order valence-corrected chi connectivity index (χ0v) is 8.65. The average Bonchev–Trinajstić information content (AvgIpc) is 2.21. The van der Waals surface area contributed by atoms with Crippen molar-refractivity contribution in [1.29, 1.82) is 0 Å². The lowest BCUT2D eigenvalue weighted by Gasteiger charge is -2.05. The minimum absolute atomic E-state index is 0.154. The van der Waals surface area contributed by atoms with Crippen molar-refractivity contribution < 1.29 is 19.1 Å². The molecular weight excluding hydrogens is 196 g/mol. The van der Waals surface area contributed by atoms with E-state index in [1.165, 1.54) is 0 Å². The molecule has 1 aromatic rings. The molecule has 1 rings (SSSR count). The van der Waals surface area contributed by atoms with Crippen molar-refractivity contribution >= 4 is 11.9 Å². The standard InChI is InChI=1S/C11H12O4/c1-3-14-10(12)11(13)15-9-7-5-4-6-8(9)2/h4-7H,3H2,1-2H3. The molecule has 0 saturated carbocycles. The largest absolute Gasteiger partial charge is 0.458 e. The van der Waals surface area contributed by atoms with Crippen molar-refractivity contribution in [3.05, 3.63) is 29.8 Å². The number of para-hydroxylation sites is 1. The normalized spacial score (nSPS) is 9.47. The van der Waals surface area contributed by atoms with E-state index in [4.69, 9.17) is 4.74 Å². The molecule has 0 amide bonds. The Morgan fingerprint density at radius 1 is 1.20 bits per heavy atom. The van der Waals surface area contributed by atoms with E-state index < -0.39 is 11.9 Å². The number of carbonyl (C=O) groups excluding carboxylic acids is 2. The monoisotopic (exact) mass is 208 g/mol. The second-order valence-electron chi connectivity index (χ2n) is 2.88. The maximum absolute atomic E-state index is 11.2. The van der Waals surface area contributed by atoms with Crippen LogP contribution in [-0.2, 0) is 14.3 Å². The topological polar surface area (TPSA) is 52.6 Å². The van der Waals surface area contributed by atoms with Gasteiger partial charge >= 0.3 is 11.9 Å². The molecule has 4 heteroatoms. The van der Waals surface area contributed by atoms with Gasteiger partial charge in [0.15, 0.2) is 0 Å². The zero-order chi connectivity index (χ0) is 11.3. The van der Waals surface area contributed by atoms with Gasteiger partial charge in [0, 0.05) is 0 Å². The fourth-order valence-corrected chi connectivity index (χ4v) is 1.00. The van der Waals surface area contributed by atoms with E-state index in [-0.39, 0.29) is 6.61 Å². The van der Waals surface area contributed by atoms with Gasteiger partial charge in [-0.25, -0.2) is 9.59 Å². The summed E-state index contributed by atoms with van der Waals surface area (Å²) in [5, 5.41) is 0. The second-order valence-corrected chi connectivity index (χ2v) is 2.88. The lowest BCUT2D eigenvalue weighted by Crippen LogP contribution is -2.23. The summed E-state index contributed by atoms with van der Waals surface area (Å²) in [4.78, 5) is 22.1. The Balaban J connectivity index is 2.67. The van der Waals surface area contributed by atoms with E-state index in [1.54, 1.807) is 32.0 Å². The maximum atomic E-state index is 11.2. The third kappa shape index (κ3) is 3.09. The highest BCUT2D eigenvalue weighted by molar-refractivity contribution is 6.30. The summed E-state index contributed by atoms with van der Waals surface area (Å²) in [6.45, 7) is 3.56. The van der Waals surface area contributed by atoms with Crippen LogP contribution in [0.25, 0.3) is 0 Å². The highest BCUT2D eigenvalue weighted by Gasteiger charge is 2.17. The minimum Gasteiger partial charge on any atom is -0.458 e. The molecule has 0 bridgehead atoms. The van der Waals surface area contributed by atoms with Crippen LogP contribution in [0.15, 0.2) is 24.3 Å². The number of aryl methyl sites for hydroxylation is 1. The number of hydrogen-bond donors (Lipinski definition) is 0. The number of ether oxygens (including phenoxy) is 2. The van der Waals surface area contributed by atoms with Crippen LogP contribution in [0.1, 0.15) is 12.5 Å². The van der Waals surface area contributed by atoms with E-state index in [1.807, 2.05) is 6.07 Å². The van der Waals surface area contributed by atoms with Gasteiger partial charge in [0.2, 0.25) is 0 Å². The van der Waals surface area contributed by atoms with Gasteiger partial charge in [0.1, 0.15) is 5.75 Å². The number of esters is 2. The fraction of sp³-hybridized carbons (Fsp3) is 0.273. The molecule has 4 nitrogen and oxygen atoms in total. The molecule has 0 heterocycles. The maximum Gasteiger partial charge on any atom is 0.422 e. The van der Waals surface area contributed by atoms with Crippen LogP contribution in [0.2, 0.25) is 0 Å². The molecule has 0 N–H and O–H groups in total. The Morgan fingerprint density at radius 2 is 1.87 bits per heavy atom. The van der Waals surface area contributed by atoms with Gasteiger partial charge in [-0.1, -0.05) is 18.2 Å². The third-order valence-electron chi connectivity index (χ3n) is 1.74. The third-order valence-corrected chi connectivity index (χ3v) is 1.74. The molecule has 0 saturated heterocycles. The van der Waals surface area contributed by atoms with E-state index in [9.17, 15) is 9.59 Å². The first-order valence-corrected chi connectivity index (χ1v) is 4.59. The Morgan fingerprint density at radius 3 is 2.47 bits per heavy atom. The van der Waals surface area contributed by atoms with E-state index >= 15 is 0 Å². The summed E-state index contributed by atoms with van der Waals surface area (Å²) < 4.78 is 9.35. The van der Waals surface area contributed by atoms with Gasteiger partial charge in [0.05, 0.1) is 6.61 Å². The summed E-state index contributed by atoms with van der Waals surface area (Å²) in [5.74, 6) is -1.59.